The van der Waals surface area contributed by atoms with Crippen LogP contribution in [0.15, 0.2) is 0 Å². The minimum absolute atomic E-state index is 0.0168. The Morgan fingerprint density at radius 1 is 0.640 bits per heavy atom. The smallest absolute Gasteiger partial charge is 0.0784 e. The number of aliphatic hydroxyl groups is 1. The van der Waals surface area contributed by atoms with E-state index in [0.717, 1.165) is 6.42 Å². The van der Waals surface area contributed by atoms with E-state index >= 15 is 0 Å². The topological polar surface area (TPSA) is 57.2 Å². The molecule has 152 valence electrons. The van der Waals surface area contributed by atoms with Gasteiger partial charge >= 0.3 is 0 Å². The molecule has 0 aliphatic rings. The van der Waals surface area contributed by atoms with Gasteiger partial charge in [0.25, 0.3) is 0 Å². The van der Waals surface area contributed by atoms with Crippen LogP contribution in [0, 0.1) is 0 Å². The van der Waals surface area contributed by atoms with Gasteiger partial charge in [-0.05, 0) is 41.0 Å². The Kier molecular flexibility index (Phi) is 15.9. The third-order valence-electron chi connectivity index (χ3n) is 4.03. The highest BCUT2D eigenvalue weighted by Gasteiger charge is 2.13. The summed E-state index contributed by atoms with van der Waals surface area (Å²) in [6.07, 6.45) is 6.46. The average Bonchev–Trinajstić information content (AvgIpc) is 2.59. The second-order valence-corrected chi connectivity index (χ2v) is 7.22. The molecule has 0 aromatic carbocycles. The first-order valence-corrected chi connectivity index (χ1v) is 10.00. The summed E-state index contributed by atoms with van der Waals surface area (Å²) in [5.41, 5.74) is 0. The molecule has 5 unspecified atom stereocenters. The molecule has 0 spiro atoms. The van der Waals surface area contributed by atoms with Crippen molar-refractivity contribution in [2.45, 2.75) is 104 Å². The van der Waals surface area contributed by atoms with E-state index in [9.17, 15) is 0 Å². The van der Waals surface area contributed by atoms with Crippen LogP contribution in [-0.4, -0.2) is 62.1 Å². The fraction of sp³-hybridized carbons (Fsp3) is 1.00. The maximum Gasteiger partial charge on any atom is 0.0784 e. The molecule has 0 fully saturated rings. The van der Waals surface area contributed by atoms with Crippen LogP contribution >= 0.6 is 0 Å². The number of aliphatic hydroxyl groups excluding tert-OH is 1. The maximum atomic E-state index is 8.92. The summed E-state index contributed by atoms with van der Waals surface area (Å²) in [4.78, 5) is 0. The van der Waals surface area contributed by atoms with Gasteiger partial charge in [-0.1, -0.05) is 32.6 Å². The molecular weight excluding hydrogens is 320 g/mol. The predicted molar refractivity (Wildman–Crippen MR) is 102 cm³/mol. The molecule has 0 aliphatic carbocycles. The molecule has 0 saturated carbocycles. The van der Waals surface area contributed by atoms with E-state index in [0.29, 0.717) is 19.8 Å². The lowest BCUT2D eigenvalue weighted by molar-refractivity contribution is -0.0973. The highest BCUT2D eigenvalue weighted by atomic mass is 16.6. The standard InChI is InChI=1S/C20H42O5/c1-7-8-9-10-11-16(2)25-20(6)15-24-19(5)14-23-18(4)13-22-17(3)12-21/h16-21H,7-15H2,1-6H3. The maximum absolute atomic E-state index is 8.92. The van der Waals surface area contributed by atoms with Gasteiger partial charge in [0.1, 0.15) is 0 Å². The minimum Gasteiger partial charge on any atom is -0.394 e. The first-order chi connectivity index (χ1) is 11.9. The van der Waals surface area contributed by atoms with Crippen LogP contribution in [0.1, 0.15) is 73.6 Å². The van der Waals surface area contributed by atoms with Crippen molar-refractivity contribution in [3.05, 3.63) is 0 Å². The zero-order chi connectivity index (χ0) is 19.1. The Morgan fingerprint density at radius 3 is 1.68 bits per heavy atom. The number of hydrogen-bond acceptors (Lipinski definition) is 5. The van der Waals surface area contributed by atoms with Gasteiger partial charge in [-0.15, -0.1) is 0 Å². The molecule has 0 radical (unpaired) electrons. The van der Waals surface area contributed by atoms with Gasteiger partial charge < -0.3 is 24.1 Å². The molecule has 0 aromatic rings. The molecule has 0 bridgehead atoms. The van der Waals surface area contributed by atoms with Crippen LogP contribution in [0.2, 0.25) is 0 Å². The number of unbranched alkanes of at least 4 members (excludes halogenated alkanes) is 3. The molecule has 25 heavy (non-hydrogen) atoms. The van der Waals surface area contributed by atoms with Crippen molar-refractivity contribution < 1.29 is 24.1 Å². The number of ether oxygens (including phenoxy) is 4. The van der Waals surface area contributed by atoms with E-state index in [4.69, 9.17) is 24.1 Å². The van der Waals surface area contributed by atoms with E-state index in [1.165, 1.54) is 25.7 Å². The summed E-state index contributed by atoms with van der Waals surface area (Å²) >= 11 is 0. The van der Waals surface area contributed by atoms with Gasteiger partial charge in [-0.25, -0.2) is 0 Å². The van der Waals surface area contributed by atoms with Gasteiger partial charge in [0.15, 0.2) is 0 Å². The van der Waals surface area contributed by atoms with Crippen LogP contribution in [-0.2, 0) is 18.9 Å². The molecule has 0 aromatic heterocycles. The molecule has 5 heteroatoms. The van der Waals surface area contributed by atoms with E-state index in [2.05, 4.69) is 20.8 Å². The van der Waals surface area contributed by atoms with Crippen molar-refractivity contribution in [1.82, 2.24) is 0 Å². The lowest BCUT2D eigenvalue weighted by atomic mass is 10.1. The van der Waals surface area contributed by atoms with E-state index in [1.54, 1.807) is 0 Å². The van der Waals surface area contributed by atoms with Crippen LogP contribution in [0.4, 0.5) is 0 Å². The number of rotatable bonds is 17. The van der Waals surface area contributed by atoms with Crippen molar-refractivity contribution >= 4 is 0 Å². The summed E-state index contributed by atoms with van der Waals surface area (Å²) in [5.74, 6) is 0. The van der Waals surface area contributed by atoms with E-state index in [1.807, 2.05) is 20.8 Å². The summed E-state index contributed by atoms with van der Waals surface area (Å²) in [7, 11) is 0. The predicted octanol–water partition coefficient (Wildman–Crippen LogP) is 3.96. The third kappa shape index (κ3) is 15.7. The van der Waals surface area contributed by atoms with Gasteiger partial charge in [0.2, 0.25) is 0 Å². The normalized spacial score (nSPS) is 17.9. The lowest BCUT2D eigenvalue weighted by Gasteiger charge is -2.22. The average molecular weight is 363 g/mol. The quantitative estimate of drug-likeness (QED) is 0.397. The zero-order valence-corrected chi connectivity index (χ0v) is 17.3. The zero-order valence-electron chi connectivity index (χ0n) is 17.3. The van der Waals surface area contributed by atoms with Crippen LogP contribution < -0.4 is 0 Å². The molecule has 0 heterocycles. The van der Waals surface area contributed by atoms with Crippen LogP contribution in [0.3, 0.4) is 0 Å². The Balaban J connectivity index is 3.70. The second-order valence-electron chi connectivity index (χ2n) is 7.22. The highest BCUT2D eigenvalue weighted by molar-refractivity contribution is 4.59. The SMILES string of the molecule is CCCCCCC(C)OC(C)COC(C)COC(C)COC(C)CO. The lowest BCUT2D eigenvalue weighted by Crippen LogP contribution is -2.29. The molecule has 1 N–H and O–H groups in total. The summed E-state index contributed by atoms with van der Waals surface area (Å²) < 4.78 is 22.9. The monoisotopic (exact) mass is 362 g/mol. The molecular formula is C20H42O5. The van der Waals surface area contributed by atoms with Crippen LogP contribution in [0.5, 0.6) is 0 Å². The van der Waals surface area contributed by atoms with Crippen molar-refractivity contribution in [2.75, 3.05) is 26.4 Å². The summed E-state index contributed by atoms with van der Waals surface area (Å²) in [6.45, 7) is 13.8. The minimum atomic E-state index is -0.151. The Hall–Kier alpha value is -0.200. The van der Waals surface area contributed by atoms with Gasteiger partial charge in [0.05, 0.1) is 56.9 Å². The van der Waals surface area contributed by atoms with Crippen molar-refractivity contribution in [3.63, 3.8) is 0 Å². The van der Waals surface area contributed by atoms with Crippen LogP contribution in [0.25, 0.3) is 0 Å². The molecule has 5 atom stereocenters. The third-order valence-corrected chi connectivity index (χ3v) is 4.03. The van der Waals surface area contributed by atoms with Gasteiger partial charge in [0, 0.05) is 0 Å². The Morgan fingerprint density at radius 2 is 1.16 bits per heavy atom. The highest BCUT2D eigenvalue weighted by Crippen LogP contribution is 2.10. The fourth-order valence-corrected chi connectivity index (χ4v) is 2.41. The summed E-state index contributed by atoms with van der Waals surface area (Å²) in [6, 6.07) is 0. The van der Waals surface area contributed by atoms with E-state index in [-0.39, 0.29) is 37.1 Å². The number of hydrogen-bond donors (Lipinski definition) is 1. The van der Waals surface area contributed by atoms with Crippen molar-refractivity contribution in [2.24, 2.45) is 0 Å². The van der Waals surface area contributed by atoms with Gasteiger partial charge in [-0.2, -0.15) is 0 Å². The fourth-order valence-electron chi connectivity index (χ4n) is 2.41. The Bertz CT molecular complexity index is 287. The molecule has 5 nitrogen and oxygen atoms in total. The first kappa shape index (κ1) is 24.8. The second kappa shape index (κ2) is 16.0. The summed E-state index contributed by atoms with van der Waals surface area (Å²) in [5, 5.41) is 8.92. The molecule has 0 rings (SSSR count). The van der Waals surface area contributed by atoms with Crippen molar-refractivity contribution in [1.29, 1.82) is 0 Å². The van der Waals surface area contributed by atoms with E-state index < -0.39 is 0 Å². The van der Waals surface area contributed by atoms with Crippen molar-refractivity contribution in [3.8, 4) is 0 Å². The Labute approximate surface area is 155 Å². The largest absolute Gasteiger partial charge is 0.394 e. The molecule has 0 aliphatic heterocycles. The molecule has 0 amide bonds. The first-order valence-electron chi connectivity index (χ1n) is 10.00. The molecule has 0 saturated heterocycles. The van der Waals surface area contributed by atoms with Gasteiger partial charge in [-0.3, -0.25) is 0 Å².